The summed E-state index contributed by atoms with van der Waals surface area (Å²) < 4.78 is 0. The third-order valence-corrected chi connectivity index (χ3v) is 5.02. The van der Waals surface area contributed by atoms with Crippen LogP contribution >= 0.6 is 11.3 Å². The average molecular weight is 296 g/mol. The summed E-state index contributed by atoms with van der Waals surface area (Å²) in [7, 11) is 0. The fourth-order valence-electron chi connectivity index (χ4n) is 2.79. The van der Waals surface area contributed by atoms with E-state index in [9.17, 15) is 9.59 Å². The Morgan fingerprint density at radius 2 is 2.15 bits per heavy atom. The van der Waals surface area contributed by atoms with Gasteiger partial charge in [0, 0.05) is 23.8 Å². The van der Waals surface area contributed by atoms with E-state index >= 15 is 0 Å². The van der Waals surface area contributed by atoms with Crippen molar-refractivity contribution in [1.29, 1.82) is 0 Å². The van der Waals surface area contributed by atoms with Crippen molar-refractivity contribution in [1.82, 2.24) is 10.3 Å². The molecule has 0 bridgehead atoms. The summed E-state index contributed by atoms with van der Waals surface area (Å²) in [5.74, 6) is -0.861. The maximum absolute atomic E-state index is 12.3. The molecule has 1 amide bonds. The Morgan fingerprint density at radius 1 is 1.45 bits per heavy atom. The van der Waals surface area contributed by atoms with E-state index in [0.29, 0.717) is 13.0 Å². The highest BCUT2D eigenvalue weighted by molar-refractivity contribution is 7.09. The molecule has 0 saturated heterocycles. The van der Waals surface area contributed by atoms with E-state index < -0.39 is 5.97 Å². The van der Waals surface area contributed by atoms with Gasteiger partial charge in [0.1, 0.15) is 0 Å². The summed E-state index contributed by atoms with van der Waals surface area (Å²) >= 11 is 1.32. The Labute approximate surface area is 122 Å². The monoisotopic (exact) mass is 296 g/mol. The second-order valence-corrected chi connectivity index (χ2v) is 6.22. The summed E-state index contributed by atoms with van der Waals surface area (Å²) in [5, 5.41) is 14.1. The van der Waals surface area contributed by atoms with Crippen LogP contribution in [0.25, 0.3) is 0 Å². The van der Waals surface area contributed by atoms with Gasteiger partial charge in [-0.25, -0.2) is 9.78 Å². The molecule has 2 rings (SSSR count). The smallest absolute Gasteiger partial charge is 0.355 e. The zero-order valence-electron chi connectivity index (χ0n) is 11.6. The molecule has 0 radical (unpaired) electrons. The molecule has 0 unspecified atom stereocenters. The third-order valence-electron chi connectivity index (χ3n) is 4.11. The normalized spacial score (nSPS) is 17.1. The molecular weight excluding hydrogens is 276 g/mol. The van der Waals surface area contributed by atoms with Gasteiger partial charge >= 0.3 is 5.97 Å². The van der Waals surface area contributed by atoms with Crippen LogP contribution in [-0.2, 0) is 11.2 Å². The van der Waals surface area contributed by atoms with Crippen LogP contribution < -0.4 is 5.32 Å². The highest BCUT2D eigenvalue weighted by Crippen LogP contribution is 2.41. The lowest BCUT2D eigenvalue weighted by molar-refractivity contribution is -0.131. The number of thiazole rings is 1. The molecule has 1 heterocycles. The Kier molecular flexibility index (Phi) is 4.75. The van der Waals surface area contributed by atoms with Gasteiger partial charge in [-0.05, 0) is 19.3 Å². The number of hydrogen-bond donors (Lipinski definition) is 2. The van der Waals surface area contributed by atoms with Crippen LogP contribution in [0.15, 0.2) is 5.38 Å². The molecule has 5 nitrogen and oxygen atoms in total. The van der Waals surface area contributed by atoms with Gasteiger partial charge in [0.15, 0.2) is 5.69 Å². The number of carboxylic acid groups (broad SMARTS) is 1. The lowest BCUT2D eigenvalue weighted by Crippen LogP contribution is -2.39. The molecule has 2 N–H and O–H groups in total. The molecule has 1 aliphatic carbocycles. The van der Waals surface area contributed by atoms with Gasteiger partial charge in [0.25, 0.3) is 0 Å². The van der Waals surface area contributed by atoms with Crippen molar-refractivity contribution < 1.29 is 14.7 Å². The molecule has 0 aromatic carbocycles. The second kappa shape index (κ2) is 6.35. The zero-order chi connectivity index (χ0) is 14.6. The first-order valence-electron chi connectivity index (χ1n) is 7.03. The van der Waals surface area contributed by atoms with Crippen molar-refractivity contribution in [3.05, 3.63) is 16.1 Å². The van der Waals surface area contributed by atoms with Crippen LogP contribution in [0.5, 0.6) is 0 Å². The van der Waals surface area contributed by atoms with Crippen LogP contribution in [0.4, 0.5) is 0 Å². The van der Waals surface area contributed by atoms with E-state index in [0.717, 1.165) is 37.1 Å². The number of carbonyl (C=O) groups is 2. The first-order valence-corrected chi connectivity index (χ1v) is 7.91. The number of nitrogens with one attached hydrogen (secondary N) is 1. The predicted octanol–water partition coefficient (Wildman–Crippen LogP) is 2.47. The molecule has 1 saturated carbocycles. The fraction of sp³-hybridized carbons (Fsp3) is 0.643. The summed E-state index contributed by atoms with van der Waals surface area (Å²) in [6.07, 6.45) is 5.71. The number of amides is 1. The molecule has 0 atom stereocenters. The number of carbonyl (C=O) groups excluding carboxylic acids is 1. The minimum atomic E-state index is -1.01. The number of hydrogen-bond acceptors (Lipinski definition) is 4. The van der Waals surface area contributed by atoms with E-state index in [1.54, 1.807) is 0 Å². The molecule has 20 heavy (non-hydrogen) atoms. The predicted molar refractivity (Wildman–Crippen MR) is 77.0 cm³/mol. The number of nitrogens with zero attached hydrogens (tertiary/aromatic N) is 1. The van der Waals surface area contributed by atoms with E-state index in [1.807, 2.05) is 0 Å². The van der Waals surface area contributed by atoms with Crippen molar-refractivity contribution in [2.75, 3.05) is 6.54 Å². The zero-order valence-corrected chi connectivity index (χ0v) is 12.5. The number of aromatic nitrogens is 1. The van der Waals surface area contributed by atoms with Gasteiger partial charge in [-0.3, -0.25) is 4.79 Å². The second-order valence-electron chi connectivity index (χ2n) is 5.28. The average Bonchev–Trinajstić information content (AvgIpc) is 3.08. The van der Waals surface area contributed by atoms with E-state index in [1.165, 1.54) is 16.7 Å². The maximum atomic E-state index is 12.3. The van der Waals surface area contributed by atoms with Crippen LogP contribution in [0.1, 0.15) is 54.5 Å². The SMILES string of the molecule is CCC1(C(=O)NCCc2nc(C(=O)O)cs2)CCCC1. The quantitative estimate of drug-likeness (QED) is 0.845. The molecule has 1 aliphatic rings. The maximum Gasteiger partial charge on any atom is 0.355 e. The van der Waals surface area contributed by atoms with Gasteiger partial charge in [-0.1, -0.05) is 19.8 Å². The summed E-state index contributed by atoms with van der Waals surface area (Å²) in [4.78, 5) is 27.0. The number of rotatable bonds is 6. The van der Waals surface area contributed by atoms with Crippen LogP contribution in [-0.4, -0.2) is 28.5 Å². The van der Waals surface area contributed by atoms with E-state index in [4.69, 9.17) is 5.11 Å². The molecule has 0 spiro atoms. The van der Waals surface area contributed by atoms with Crippen molar-refractivity contribution >= 4 is 23.2 Å². The van der Waals surface area contributed by atoms with Gasteiger partial charge in [-0.15, -0.1) is 11.3 Å². The number of carboxylic acids is 1. The Hall–Kier alpha value is -1.43. The highest BCUT2D eigenvalue weighted by Gasteiger charge is 2.38. The molecule has 1 fully saturated rings. The molecule has 6 heteroatoms. The van der Waals surface area contributed by atoms with E-state index in [-0.39, 0.29) is 17.0 Å². The minimum absolute atomic E-state index is 0.0807. The molecule has 0 aliphatic heterocycles. The Bertz CT molecular complexity index is 492. The van der Waals surface area contributed by atoms with Crippen molar-refractivity contribution in [2.24, 2.45) is 5.41 Å². The van der Waals surface area contributed by atoms with Gasteiger partial charge in [0.05, 0.1) is 5.01 Å². The third kappa shape index (κ3) is 3.17. The fourth-order valence-corrected chi connectivity index (χ4v) is 3.56. The lowest BCUT2D eigenvalue weighted by Gasteiger charge is -2.25. The molecule has 1 aromatic rings. The molecule has 110 valence electrons. The molecule has 1 aromatic heterocycles. The molecular formula is C14H20N2O3S. The number of aromatic carboxylic acids is 1. The first kappa shape index (κ1) is 15.0. The highest BCUT2D eigenvalue weighted by atomic mass is 32.1. The van der Waals surface area contributed by atoms with Crippen molar-refractivity contribution in [3.8, 4) is 0 Å². The van der Waals surface area contributed by atoms with Crippen molar-refractivity contribution in [2.45, 2.75) is 45.4 Å². The largest absolute Gasteiger partial charge is 0.476 e. The Morgan fingerprint density at radius 3 is 2.70 bits per heavy atom. The topological polar surface area (TPSA) is 79.3 Å². The standard InChI is InChI=1S/C14H20N2O3S/c1-2-14(6-3-4-7-14)13(19)15-8-5-11-16-10(9-20-11)12(17)18/h9H,2-8H2,1H3,(H,15,19)(H,17,18). The van der Waals surface area contributed by atoms with Gasteiger partial charge in [-0.2, -0.15) is 0 Å². The van der Waals surface area contributed by atoms with E-state index in [2.05, 4.69) is 17.2 Å². The van der Waals surface area contributed by atoms with Crippen LogP contribution in [0, 0.1) is 5.41 Å². The summed E-state index contributed by atoms with van der Waals surface area (Å²) in [6.45, 7) is 2.60. The Balaban J connectivity index is 1.83. The van der Waals surface area contributed by atoms with Crippen molar-refractivity contribution in [3.63, 3.8) is 0 Å². The lowest BCUT2D eigenvalue weighted by atomic mass is 9.82. The van der Waals surface area contributed by atoms with Crippen LogP contribution in [0.3, 0.4) is 0 Å². The minimum Gasteiger partial charge on any atom is -0.476 e. The van der Waals surface area contributed by atoms with Gasteiger partial charge in [0.2, 0.25) is 5.91 Å². The van der Waals surface area contributed by atoms with Crippen LogP contribution in [0.2, 0.25) is 0 Å². The summed E-state index contributed by atoms with van der Waals surface area (Å²) in [5.41, 5.74) is -0.0908. The van der Waals surface area contributed by atoms with Gasteiger partial charge < -0.3 is 10.4 Å². The summed E-state index contributed by atoms with van der Waals surface area (Å²) in [6, 6.07) is 0. The first-order chi connectivity index (χ1) is 9.57.